The third-order valence-electron chi connectivity index (χ3n) is 4.99. The van der Waals surface area contributed by atoms with E-state index in [2.05, 4.69) is 0 Å². The maximum atomic E-state index is 13.3. The molecule has 0 heterocycles. The van der Waals surface area contributed by atoms with Gasteiger partial charge >= 0.3 is 18.2 Å². The van der Waals surface area contributed by atoms with Crippen LogP contribution < -0.4 is 10.6 Å². The fraction of sp³-hybridized carbons (Fsp3) is 0.286. The maximum Gasteiger partial charge on any atom is 0.417 e. The summed E-state index contributed by atoms with van der Waals surface area (Å²) in [5.41, 5.74) is 3.54. The Labute approximate surface area is 180 Å². The number of ether oxygens (including phenoxy) is 1. The highest BCUT2D eigenvalue weighted by Crippen LogP contribution is 2.44. The molecular formula is C21H19F3N2O6. The Balaban J connectivity index is 1.70. The predicted molar refractivity (Wildman–Crippen MR) is 105 cm³/mol. The van der Waals surface area contributed by atoms with Crippen molar-refractivity contribution in [2.75, 3.05) is 13.2 Å². The molecule has 1 aliphatic carbocycles. The summed E-state index contributed by atoms with van der Waals surface area (Å²) in [6.45, 7) is -1.41. The molecule has 1 aliphatic rings. The zero-order chi connectivity index (χ0) is 23.5. The summed E-state index contributed by atoms with van der Waals surface area (Å²) in [5, 5.41) is 20.6. The predicted octanol–water partition coefficient (Wildman–Crippen LogP) is 2.02. The van der Waals surface area contributed by atoms with E-state index in [-0.39, 0.29) is 6.61 Å². The SMILES string of the molecule is O=C(NC(C(=O)N[C@@H](CO)C(=O)O)C(F)(F)F)OCC1c2ccccc2-c2ccccc21. The van der Waals surface area contributed by atoms with Crippen LogP contribution in [-0.4, -0.2) is 59.7 Å². The van der Waals surface area contributed by atoms with Crippen molar-refractivity contribution in [3.05, 3.63) is 59.7 Å². The number of nitrogens with one attached hydrogen (secondary N) is 2. The summed E-state index contributed by atoms with van der Waals surface area (Å²) < 4.78 is 44.8. The van der Waals surface area contributed by atoms with Crippen LogP contribution in [0, 0.1) is 0 Å². The molecule has 0 aliphatic heterocycles. The van der Waals surface area contributed by atoms with Crippen LogP contribution in [0.2, 0.25) is 0 Å². The average Bonchev–Trinajstić information content (AvgIpc) is 3.07. The van der Waals surface area contributed by atoms with Crippen molar-refractivity contribution < 1.29 is 42.5 Å². The van der Waals surface area contributed by atoms with E-state index in [1.165, 1.54) is 10.6 Å². The molecule has 0 bridgehead atoms. The van der Waals surface area contributed by atoms with Crippen molar-refractivity contribution in [1.29, 1.82) is 0 Å². The van der Waals surface area contributed by atoms with Crippen LogP contribution in [0.4, 0.5) is 18.0 Å². The van der Waals surface area contributed by atoms with Crippen molar-refractivity contribution in [1.82, 2.24) is 10.6 Å². The smallest absolute Gasteiger partial charge is 0.417 e. The molecule has 11 heteroatoms. The van der Waals surface area contributed by atoms with Gasteiger partial charge in [-0.2, -0.15) is 13.2 Å². The van der Waals surface area contributed by atoms with Crippen LogP contribution in [0.3, 0.4) is 0 Å². The summed E-state index contributed by atoms with van der Waals surface area (Å²) >= 11 is 0. The van der Waals surface area contributed by atoms with Gasteiger partial charge in [0.15, 0.2) is 0 Å². The fourth-order valence-electron chi connectivity index (χ4n) is 3.49. The highest BCUT2D eigenvalue weighted by Gasteiger charge is 2.47. The molecule has 2 aromatic rings. The number of benzene rings is 2. The Kier molecular flexibility index (Phi) is 6.68. The van der Waals surface area contributed by atoms with Crippen molar-refractivity contribution in [2.45, 2.75) is 24.2 Å². The van der Waals surface area contributed by atoms with Gasteiger partial charge in [-0.25, -0.2) is 9.59 Å². The van der Waals surface area contributed by atoms with E-state index in [0.717, 1.165) is 22.3 Å². The summed E-state index contributed by atoms with van der Waals surface area (Å²) in [6.07, 6.45) is -6.73. The van der Waals surface area contributed by atoms with Gasteiger partial charge in [-0.15, -0.1) is 0 Å². The molecule has 0 saturated carbocycles. The van der Waals surface area contributed by atoms with Crippen LogP contribution in [0.5, 0.6) is 0 Å². The second-order valence-electron chi connectivity index (χ2n) is 7.03. The van der Waals surface area contributed by atoms with Gasteiger partial charge in [0.1, 0.15) is 12.6 Å². The van der Waals surface area contributed by atoms with Gasteiger partial charge in [0, 0.05) is 5.92 Å². The number of carboxylic acid groups (broad SMARTS) is 1. The molecule has 0 aromatic heterocycles. The van der Waals surface area contributed by atoms with E-state index in [9.17, 15) is 27.6 Å². The van der Waals surface area contributed by atoms with Gasteiger partial charge < -0.3 is 25.6 Å². The third kappa shape index (κ3) is 4.83. The zero-order valence-corrected chi connectivity index (χ0v) is 16.4. The lowest BCUT2D eigenvalue weighted by atomic mass is 9.98. The van der Waals surface area contributed by atoms with Gasteiger partial charge in [0.25, 0.3) is 5.91 Å². The molecule has 0 radical (unpaired) electrons. The number of carboxylic acids is 1. The molecule has 2 amide bonds. The number of rotatable bonds is 7. The standard InChI is InChI=1S/C21H19F3N2O6/c22-21(23,24)17(18(28)25-16(9-27)19(29)30)26-20(31)32-10-15-13-7-3-1-5-11(13)12-6-2-4-8-14(12)15/h1-8,15-17,27H,9-10H2,(H,25,28)(H,26,31)(H,29,30)/t16-,17?/m0/s1. The molecule has 2 atom stereocenters. The van der Waals surface area contributed by atoms with Gasteiger partial charge in [-0.3, -0.25) is 4.79 Å². The number of aliphatic hydroxyl groups is 1. The minimum Gasteiger partial charge on any atom is -0.480 e. The van der Waals surface area contributed by atoms with E-state index < -0.39 is 48.8 Å². The summed E-state index contributed by atoms with van der Waals surface area (Å²) in [7, 11) is 0. The van der Waals surface area contributed by atoms with E-state index in [1.807, 2.05) is 36.4 Å². The summed E-state index contributed by atoms with van der Waals surface area (Å²) in [5.74, 6) is -3.98. The number of carbonyl (C=O) groups excluding carboxylic acids is 2. The van der Waals surface area contributed by atoms with Gasteiger partial charge in [0.2, 0.25) is 6.04 Å². The highest BCUT2D eigenvalue weighted by molar-refractivity contribution is 5.90. The zero-order valence-electron chi connectivity index (χ0n) is 16.4. The first kappa shape index (κ1) is 23.1. The fourth-order valence-corrected chi connectivity index (χ4v) is 3.49. The van der Waals surface area contributed by atoms with Crippen LogP contribution in [0.15, 0.2) is 48.5 Å². The van der Waals surface area contributed by atoms with E-state index in [4.69, 9.17) is 14.9 Å². The molecule has 8 nitrogen and oxygen atoms in total. The largest absolute Gasteiger partial charge is 0.480 e. The Bertz CT molecular complexity index is 981. The lowest BCUT2D eigenvalue weighted by Crippen LogP contribution is -2.58. The minimum absolute atomic E-state index is 0.277. The molecule has 2 aromatic carbocycles. The van der Waals surface area contributed by atoms with E-state index in [1.54, 1.807) is 12.1 Å². The second kappa shape index (κ2) is 9.27. The summed E-state index contributed by atoms with van der Waals surface area (Å²) in [6, 6.07) is 9.68. The van der Waals surface area contributed by atoms with Crippen molar-refractivity contribution >= 4 is 18.0 Å². The van der Waals surface area contributed by atoms with Crippen LogP contribution >= 0.6 is 0 Å². The number of carbonyl (C=O) groups is 3. The first-order valence-corrected chi connectivity index (χ1v) is 9.45. The van der Waals surface area contributed by atoms with Gasteiger partial charge in [-0.05, 0) is 22.3 Å². The first-order valence-electron chi connectivity index (χ1n) is 9.45. The number of alkyl carbamates (subject to hydrolysis) is 1. The number of aliphatic carboxylic acids is 1. The summed E-state index contributed by atoms with van der Waals surface area (Å²) in [4.78, 5) is 34.8. The van der Waals surface area contributed by atoms with E-state index in [0.29, 0.717) is 0 Å². The average molecular weight is 452 g/mol. The normalized spacial score (nSPS) is 14.6. The third-order valence-corrected chi connectivity index (χ3v) is 4.99. The van der Waals surface area contributed by atoms with Crippen LogP contribution in [0.25, 0.3) is 11.1 Å². The van der Waals surface area contributed by atoms with Crippen molar-refractivity contribution in [3.8, 4) is 11.1 Å². The monoisotopic (exact) mass is 452 g/mol. The van der Waals surface area contributed by atoms with Gasteiger partial charge in [0.05, 0.1) is 6.61 Å². The quantitative estimate of drug-likeness (QED) is 0.510. The minimum atomic E-state index is -5.23. The van der Waals surface area contributed by atoms with Crippen LogP contribution in [0.1, 0.15) is 17.0 Å². The highest BCUT2D eigenvalue weighted by atomic mass is 19.4. The molecule has 32 heavy (non-hydrogen) atoms. The molecule has 1 unspecified atom stereocenters. The van der Waals surface area contributed by atoms with Crippen molar-refractivity contribution in [2.24, 2.45) is 0 Å². The first-order chi connectivity index (χ1) is 15.1. The lowest BCUT2D eigenvalue weighted by molar-refractivity contribution is -0.169. The maximum absolute atomic E-state index is 13.3. The Morgan fingerprint density at radius 2 is 1.50 bits per heavy atom. The number of hydrogen-bond acceptors (Lipinski definition) is 5. The van der Waals surface area contributed by atoms with Crippen LogP contribution in [-0.2, 0) is 14.3 Å². The topological polar surface area (TPSA) is 125 Å². The Hall–Kier alpha value is -3.60. The number of aliphatic hydroxyl groups excluding tert-OH is 1. The van der Waals surface area contributed by atoms with Crippen molar-refractivity contribution in [3.63, 3.8) is 0 Å². The molecule has 0 saturated heterocycles. The number of hydrogen-bond donors (Lipinski definition) is 4. The second-order valence-corrected chi connectivity index (χ2v) is 7.03. The lowest BCUT2D eigenvalue weighted by Gasteiger charge is -2.23. The molecule has 0 spiro atoms. The number of alkyl halides is 3. The molecule has 4 N–H and O–H groups in total. The molecular weight excluding hydrogens is 433 g/mol. The molecule has 3 rings (SSSR count). The Morgan fingerprint density at radius 3 is 1.97 bits per heavy atom. The molecule has 170 valence electrons. The Morgan fingerprint density at radius 1 is 0.969 bits per heavy atom. The number of halogens is 3. The number of fused-ring (bicyclic) bond motifs is 3. The number of amides is 2. The molecule has 0 fully saturated rings. The van der Waals surface area contributed by atoms with Gasteiger partial charge in [-0.1, -0.05) is 48.5 Å². The van der Waals surface area contributed by atoms with E-state index >= 15 is 0 Å².